The molecule has 374 valence electrons. The monoisotopic (exact) mass is 958 g/mol. The minimum absolute atomic E-state index is 0.00925. The summed E-state index contributed by atoms with van der Waals surface area (Å²) in [5.41, 5.74) is 13.1. The number of amides is 2. The molecule has 0 saturated carbocycles. The van der Waals surface area contributed by atoms with E-state index in [1.165, 1.54) is 0 Å². The van der Waals surface area contributed by atoms with Crippen LogP contribution in [0.4, 0.5) is 17.8 Å². The molecule has 0 spiro atoms. The zero-order valence-corrected chi connectivity index (χ0v) is 39.7. The summed E-state index contributed by atoms with van der Waals surface area (Å²) in [4.78, 5) is 55.0. The number of terminal acetylenes is 1. The minimum atomic E-state index is -0.699. The van der Waals surface area contributed by atoms with Gasteiger partial charge < -0.3 is 60.8 Å². The lowest BCUT2D eigenvalue weighted by Crippen LogP contribution is -2.52. The van der Waals surface area contributed by atoms with Crippen LogP contribution in [0.1, 0.15) is 55.7 Å². The fourth-order valence-electron chi connectivity index (χ4n) is 7.89. The van der Waals surface area contributed by atoms with E-state index >= 15 is 0 Å². The Bertz CT molecular complexity index is 2270. The van der Waals surface area contributed by atoms with Crippen LogP contribution >= 0.6 is 0 Å². The number of hydrogen-bond acceptors (Lipinski definition) is 18. The predicted molar refractivity (Wildman–Crippen MR) is 256 cm³/mol. The molecule has 3 unspecified atom stereocenters. The van der Waals surface area contributed by atoms with Crippen LogP contribution in [0.3, 0.4) is 0 Å². The molecule has 1 aromatic carbocycles. The maximum Gasteiger partial charge on any atom is 0.247 e. The van der Waals surface area contributed by atoms with Crippen LogP contribution in [0.5, 0.6) is 5.75 Å². The van der Waals surface area contributed by atoms with E-state index < -0.39 is 12.1 Å². The first-order valence-electron chi connectivity index (χ1n) is 23.6. The van der Waals surface area contributed by atoms with Gasteiger partial charge in [-0.1, -0.05) is 48.7 Å². The van der Waals surface area contributed by atoms with E-state index in [9.17, 15) is 19.8 Å². The molecule has 2 saturated heterocycles. The number of aromatic nitrogens is 9. The number of carbonyl (C=O) groups is 2. The summed E-state index contributed by atoms with van der Waals surface area (Å²) in [7, 11) is 0. The van der Waals surface area contributed by atoms with Crippen molar-refractivity contribution in [3.63, 3.8) is 0 Å². The molecule has 2 fully saturated rings. The van der Waals surface area contributed by atoms with E-state index in [2.05, 4.69) is 55.6 Å². The summed E-state index contributed by atoms with van der Waals surface area (Å²) in [6.45, 7) is 10.7. The SMILES string of the molecule is C#CCOCCOCCOCCNc1nc(N2CCN(C(=O)C(Cc3ccc(O)cc3)n3cc(CCO)nn3)CC2)nc(N2CCN(C(=O)C(C(C)CC)n3cc(CCCN=C(N)N)nn3)CC2)n1. The largest absolute Gasteiger partial charge is 0.508 e. The quantitative estimate of drug-likeness (QED) is 0.0221. The molecule has 24 nitrogen and oxygen atoms in total. The van der Waals surface area contributed by atoms with E-state index in [-0.39, 0.29) is 42.7 Å². The zero-order valence-electron chi connectivity index (χ0n) is 39.7. The molecule has 0 aliphatic carbocycles. The number of hydrogen-bond donors (Lipinski definition) is 5. The van der Waals surface area contributed by atoms with Crippen LogP contribution in [0.25, 0.3) is 0 Å². The molecule has 0 bridgehead atoms. The Labute approximate surface area is 402 Å². The number of rotatable bonds is 27. The molecule has 24 heteroatoms. The number of aliphatic imine (C=N–C) groups is 1. The molecule has 2 aliphatic rings. The number of anilines is 3. The summed E-state index contributed by atoms with van der Waals surface area (Å²) in [5.74, 6) is 3.75. The molecule has 7 N–H and O–H groups in total. The second-order valence-electron chi connectivity index (χ2n) is 16.8. The number of aryl methyl sites for hydroxylation is 1. The number of guanidine groups is 1. The first kappa shape index (κ1) is 51.7. The van der Waals surface area contributed by atoms with Crippen LogP contribution < -0.4 is 26.6 Å². The average Bonchev–Trinajstić information content (AvgIpc) is 4.04. The van der Waals surface area contributed by atoms with Gasteiger partial charge in [-0.05, 0) is 36.5 Å². The van der Waals surface area contributed by atoms with Gasteiger partial charge in [0.15, 0.2) is 5.96 Å². The first-order valence-corrected chi connectivity index (χ1v) is 23.6. The van der Waals surface area contributed by atoms with E-state index in [4.69, 9.17) is 47.1 Å². The Morgan fingerprint density at radius 2 is 1.39 bits per heavy atom. The average molecular weight is 958 g/mol. The summed E-state index contributed by atoms with van der Waals surface area (Å²) < 4.78 is 19.8. The fraction of sp³-hybridized carbons (Fsp3) is 0.600. The Morgan fingerprint density at radius 1 is 0.812 bits per heavy atom. The van der Waals surface area contributed by atoms with Crippen molar-refractivity contribution >= 4 is 35.6 Å². The number of ether oxygens (including phenoxy) is 3. The van der Waals surface area contributed by atoms with Gasteiger partial charge >= 0.3 is 0 Å². The molecule has 3 aromatic heterocycles. The highest BCUT2D eigenvalue weighted by Crippen LogP contribution is 2.26. The molecule has 2 amide bonds. The van der Waals surface area contributed by atoms with Gasteiger partial charge in [-0.2, -0.15) is 15.0 Å². The first-order chi connectivity index (χ1) is 33.6. The van der Waals surface area contributed by atoms with E-state index in [0.29, 0.717) is 148 Å². The van der Waals surface area contributed by atoms with Gasteiger partial charge in [0.2, 0.25) is 29.7 Å². The van der Waals surface area contributed by atoms with Crippen molar-refractivity contribution in [2.24, 2.45) is 22.4 Å². The number of phenols is 1. The Hall–Kier alpha value is -6.68. The van der Waals surface area contributed by atoms with Crippen LogP contribution in [0, 0.1) is 18.3 Å². The number of benzene rings is 1. The predicted octanol–water partition coefficient (Wildman–Crippen LogP) is -0.335. The molecule has 3 atom stereocenters. The van der Waals surface area contributed by atoms with Gasteiger partial charge in [0, 0.05) is 97.3 Å². The van der Waals surface area contributed by atoms with Crippen LogP contribution in [-0.4, -0.2) is 194 Å². The highest BCUT2D eigenvalue weighted by atomic mass is 16.5. The second-order valence-corrected chi connectivity index (χ2v) is 16.8. The van der Waals surface area contributed by atoms with Gasteiger partial charge in [-0.3, -0.25) is 14.6 Å². The lowest BCUT2D eigenvalue weighted by Gasteiger charge is -2.38. The molecule has 4 aromatic rings. The van der Waals surface area contributed by atoms with Gasteiger partial charge in [0.1, 0.15) is 24.4 Å². The highest BCUT2D eigenvalue weighted by molar-refractivity contribution is 5.81. The van der Waals surface area contributed by atoms with E-state index in [1.807, 2.05) is 16.0 Å². The van der Waals surface area contributed by atoms with Gasteiger partial charge in [0.05, 0.1) is 44.4 Å². The van der Waals surface area contributed by atoms with E-state index in [1.54, 1.807) is 44.7 Å². The second kappa shape index (κ2) is 26.8. The molecule has 6 rings (SSSR count). The lowest BCUT2D eigenvalue weighted by molar-refractivity contribution is -0.137. The van der Waals surface area contributed by atoms with Crippen molar-refractivity contribution in [2.75, 3.05) is 127 Å². The normalized spacial score (nSPS) is 15.4. The van der Waals surface area contributed by atoms with Crippen molar-refractivity contribution in [1.29, 1.82) is 0 Å². The third-order valence-electron chi connectivity index (χ3n) is 11.9. The van der Waals surface area contributed by atoms with Crippen LogP contribution in [-0.2, 0) is 43.1 Å². The number of carbonyl (C=O) groups excluding carboxylic acids is 2. The number of aliphatic hydroxyl groups excluding tert-OH is 1. The number of nitrogens with one attached hydrogen (secondary N) is 1. The number of nitrogens with zero attached hydrogens (tertiary/aromatic N) is 14. The molecule has 5 heterocycles. The summed E-state index contributed by atoms with van der Waals surface area (Å²) in [6, 6.07) is 5.52. The molecule has 69 heavy (non-hydrogen) atoms. The number of aromatic hydroxyl groups is 1. The number of nitrogens with two attached hydrogens (primary N) is 2. The van der Waals surface area contributed by atoms with Crippen molar-refractivity contribution in [3.8, 4) is 18.1 Å². The van der Waals surface area contributed by atoms with Gasteiger partial charge in [0.25, 0.3) is 0 Å². The maximum absolute atomic E-state index is 14.3. The standard InChI is InChI=1S/C45H67N17O7/c1-4-24-67-26-28-69-29-27-68-25-14-49-43-50-44(59-19-15-57(16-20-59)40(65)38(30-34-8-10-37(64)11-9-34)61-31-36(12-23-63)54-55-61)52-45(51-43)60-21-17-58(18-22-60)41(66)39(33(3)5-2)62-32-35(53-56-62)7-6-13-48-42(46)47/h1,8-11,31-33,38-39,63-64H,5-7,12-30H2,2-3H3,(H4,46,47,48)(H,49,50,51,52). The number of aliphatic hydroxyl groups is 1. The summed E-state index contributed by atoms with van der Waals surface area (Å²) in [6.07, 6.45) is 11.5. The van der Waals surface area contributed by atoms with Crippen LogP contribution in [0.15, 0.2) is 41.7 Å². The highest BCUT2D eigenvalue weighted by Gasteiger charge is 2.35. The van der Waals surface area contributed by atoms with Crippen molar-refractivity contribution < 1.29 is 34.0 Å². The lowest BCUT2D eigenvalue weighted by atomic mass is 9.97. The smallest absolute Gasteiger partial charge is 0.247 e. The number of piperazine rings is 2. The topological polar surface area (TPSA) is 292 Å². The molecular formula is C45H67N17O7. The Balaban J connectivity index is 1.12. The minimum Gasteiger partial charge on any atom is -0.508 e. The Morgan fingerprint density at radius 3 is 2.00 bits per heavy atom. The summed E-state index contributed by atoms with van der Waals surface area (Å²) in [5, 5.41) is 39.8. The Kier molecular flexibility index (Phi) is 20.0. The van der Waals surface area contributed by atoms with Crippen molar-refractivity contribution in [1.82, 2.24) is 54.7 Å². The molecular weight excluding hydrogens is 891 g/mol. The number of phenolic OH excluding ortho intramolecular Hbond substituents is 1. The van der Waals surface area contributed by atoms with Crippen molar-refractivity contribution in [3.05, 3.63) is 53.6 Å². The van der Waals surface area contributed by atoms with Crippen LogP contribution in [0.2, 0.25) is 0 Å². The third-order valence-corrected chi connectivity index (χ3v) is 11.9. The zero-order chi connectivity index (χ0) is 49.0. The van der Waals surface area contributed by atoms with Crippen molar-refractivity contribution in [2.45, 2.75) is 58.0 Å². The maximum atomic E-state index is 14.3. The summed E-state index contributed by atoms with van der Waals surface area (Å²) >= 11 is 0. The molecule has 2 aliphatic heterocycles. The van der Waals surface area contributed by atoms with E-state index in [0.717, 1.165) is 17.7 Å². The molecule has 0 radical (unpaired) electrons. The third kappa shape index (κ3) is 15.4. The van der Waals surface area contributed by atoms with Gasteiger partial charge in [-0.25, -0.2) is 9.36 Å². The fourth-order valence-corrected chi connectivity index (χ4v) is 7.89. The van der Waals surface area contributed by atoms with Gasteiger partial charge in [-0.15, -0.1) is 16.6 Å².